The summed E-state index contributed by atoms with van der Waals surface area (Å²) < 4.78 is 48.2. The van der Waals surface area contributed by atoms with Crippen molar-refractivity contribution in [1.29, 1.82) is 0 Å². The fraction of sp³-hybridized carbons (Fsp3) is 0.375. The lowest BCUT2D eigenvalue weighted by Gasteiger charge is -2.17. The molecule has 0 saturated heterocycles. The van der Waals surface area contributed by atoms with Crippen molar-refractivity contribution in [3.05, 3.63) is 54.2 Å². The van der Waals surface area contributed by atoms with Crippen LogP contribution < -0.4 is 15.4 Å². The van der Waals surface area contributed by atoms with E-state index in [0.717, 1.165) is 30.1 Å². The number of carbonyl (C=O) groups excluding carboxylic acids is 1. The third-order valence-electron chi connectivity index (χ3n) is 4.94. The summed E-state index contributed by atoms with van der Waals surface area (Å²) in [5.41, 5.74) is 0.190. The Morgan fingerprint density at radius 2 is 1.85 bits per heavy atom. The molecule has 0 saturated carbocycles. The number of likely N-dealkylation sites (N-methyl/N-ethyl adjacent to an activating group) is 1. The van der Waals surface area contributed by atoms with Crippen LogP contribution in [0, 0.1) is 5.92 Å². The lowest BCUT2D eigenvalue weighted by atomic mass is 10.1. The average Bonchev–Trinajstić information content (AvgIpc) is 3.12. The van der Waals surface area contributed by atoms with Gasteiger partial charge in [0.1, 0.15) is 5.75 Å². The van der Waals surface area contributed by atoms with Crippen molar-refractivity contribution in [2.75, 3.05) is 37.9 Å². The van der Waals surface area contributed by atoms with Gasteiger partial charge in [-0.05, 0) is 62.5 Å². The van der Waals surface area contributed by atoms with E-state index >= 15 is 0 Å². The molecular weight excluding hydrogens is 433 g/mol. The molecule has 0 aliphatic rings. The number of fused-ring (bicyclic) bond motifs is 1. The van der Waals surface area contributed by atoms with Crippen LogP contribution in [0.4, 0.5) is 29.3 Å². The highest BCUT2D eigenvalue weighted by Crippen LogP contribution is 2.37. The molecule has 178 valence electrons. The topological polar surface area (TPSA) is 58.5 Å². The lowest BCUT2D eigenvalue weighted by Crippen LogP contribution is -2.22. The van der Waals surface area contributed by atoms with Gasteiger partial charge in [-0.15, -0.1) is 0 Å². The molecule has 2 amide bonds. The summed E-state index contributed by atoms with van der Waals surface area (Å²) in [6.07, 6.45) is -2.68. The number of anilines is 2. The van der Waals surface area contributed by atoms with E-state index in [0.29, 0.717) is 12.3 Å². The summed E-state index contributed by atoms with van der Waals surface area (Å²) in [5.74, 6) is 0.274. The highest BCUT2D eigenvalue weighted by Gasteiger charge is 2.34. The fourth-order valence-electron chi connectivity index (χ4n) is 3.28. The summed E-state index contributed by atoms with van der Waals surface area (Å²) in [4.78, 5) is 14.5. The molecule has 1 aromatic heterocycles. The smallest absolute Gasteiger partial charge is 0.418 e. The Hall–Kier alpha value is -3.20. The Labute approximate surface area is 191 Å². The molecule has 0 aliphatic carbocycles. The van der Waals surface area contributed by atoms with Crippen molar-refractivity contribution in [3.8, 4) is 5.75 Å². The van der Waals surface area contributed by atoms with E-state index in [1.807, 2.05) is 46.3 Å². The van der Waals surface area contributed by atoms with Crippen LogP contribution in [0.15, 0.2) is 48.7 Å². The molecule has 0 bridgehead atoms. The van der Waals surface area contributed by atoms with Crippen molar-refractivity contribution in [3.63, 3.8) is 0 Å². The highest BCUT2D eigenvalue weighted by molar-refractivity contribution is 6.01. The summed E-state index contributed by atoms with van der Waals surface area (Å²) in [6, 6.07) is 10.1. The van der Waals surface area contributed by atoms with E-state index in [9.17, 15) is 18.0 Å². The number of nitrogens with zero attached hydrogens (tertiary/aromatic N) is 2. The zero-order valence-corrected chi connectivity index (χ0v) is 19.2. The monoisotopic (exact) mass is 462 g/mol. The second-order valence-corrected chi connectivity index (χ2v) is 8.58. The summed E-state index contributed by atoms with van der Waals surface area (Å²) in [7, 11) is 4.01. The molecule has 6 nitrogen and oxygen atoms in total. The van der Waals surface area contributed by atoms with Crippen LogP contribution in [0.3, 0.4) is 0 Å². The molecule has 2 N–H and O–H groups in total. The van der Waals surface area contributed by atoms with E-state index in [1.165, 1.54) is 12.1 Å². The minimum atomic E-state index is -4.64. The van der Waals surface area contributed by atoms with Crippen molar-refractivity contribution in [2.24, 2.45) is 5.92 Å². The van der Waals surface area contributed by atoms with E-state index in [1.54, 1.807) is 12.1 Å². The van der Waals surface area contributed by atoms with Crippen LogP contribution in [0.25, 0.3) is 10.9 Å². The van der Waals surface area contributed by atoms with Gasteiger partial charge < -0.3 is 24.8 Å². The predicted octanol–water partition coefficient (Wildman–Crippen LogP) is 5.90. The van der Waals surface area contributed by atoms with Gasteiger partial charge in [0.15, 0.2) is 0 Å². The quantitative estimate of drug-likeness (QED) is 0.438. The Bertz CT molecular complexity index is 1110. The zero-order chi connectivity index (χ0) is 24.2. The number of aromatic nitrogens is 1. The van der Waals surface area contributed by atoms with Gasteiger partial charge in [-0.25, -0.2) is 4.79 Å². The zero-order valence-electron chi connectivity index (χ0n) is 19.2. The number of rotatable bonds is 8. The molecule has 0 radical (unpaired) electrons. The average molecular weight is 463 g/mol. The van der Waals surface area contributed by atoms with Crippen LogP contribution in [0.5, 0.6) is 5.75 Å². The van der Waals surface area contributed by atoms with Gasteiger partial charge in [0, 0.05) is 35.9 Å². The molecule has 0 spiro atoms. The van der Waals surface area contributed by atoms with Gasteiger partial charge in [-0.2, -0.15) is 13.2 Å². The van der Waals surface area contributed by atoms with Gasteiger partial charge in [-0.3, -0.25) is 0 Å². The summed E-state index contributed by atoms with van der Waals surface area (Å²) in [6.45, 7) is 5.81. The Morgan fingerprint density at radius 3 is 2.52 bits per heavy atom. The molecule has 0 fully saturated rings. The molecule has 0 aliphatic heterocycles. The first-order valence-corrected chi connectivity index (χ1v) is 10.7. The van der Waals surface area contributed by atoms with Crippen LogP contribution in [0.1, 0.15) is 19.4 Å². The van der Waals surface area contributed by atoms with E-state index in [2.05, 4.69) is 20.1 Å². The van der Waals surface area contributed by atoms with Gasteiger partial charge in [0.2, 0.25) is 0 Å². The minimum absolute atomic E-state index is 0.103. The normalized spacial score (nSPS) is 11.9. The number of benzene rings is 2. The van der Waals surface area contributed by atoms with Gasteiger partial charge in [-0.1, -0.05) is 13.8 Å². The molecule has 0 unspecified atom stereocenters. The summed E-state index contributed by atoms with van der Waals surface area (Å²) >= 11 is 0. The maximum Gasteiger partial charge on any atom is 0.418 e. The van der Waals surface area contributed by atoms with Gasteiger partial charge in [0.05, 0.1) is 17.9 Å². The number of hydrogen-bond acceptors (Lipinski definition) is 3. The van der Waals surface area contributed by atoms with E-state index in [4.69, 9.17) is 4.74 Å². The van der Waals surface area contributed by atoms with Gasteiger partial charge >= 0.3 is 12.2 Å². The number of amides is 2. The fourth-order valence-corrected chi connectivity index (χ4v) is 3.28. The second kappa shape index (κ2) is 10.2. The second-order valence-electron chi connectivity index (χ2n) is 8.58. The molecule has 2 aromatic carbocycles. The van der Waals surface area contributed by atoms with Gasteiger partial charge in [0.25, 0.3) is 0 Å². The molecular formula is C24H29F3N4O2. The first-order valence-electron chi connectivity index (χ1n) is 10.7. The standard InChI is InChI=1S/C24H29F3N4O2/c1-16(2)15-33-19-6-7-21(20(14-19)24(25,26)27)29-23(32)28-18-5-8-22-17(13-18)9-10-31(22)12-11-30(3)4/h5-10,13-14,16H,11-12,15H2,1-4H3,(H2,28,29,32). The van der Waals surface area contributed by atoms with Crippen molar-refractivity contribution >= 4 is 28.3 Å². The van der Waals surface area contributed by atoms with Crippen molar-refractivity contribution in [1.82, 2.24) is 9.47 Å². The number of halogens is 3. The highest BCUT2D eigenvalue weighted by atomic mass is 19.4. The Balaban J connectivity index is 1.72. The lowest BCUT2D eigenvalue weighted by molar-refractivity contribution is -0.137. The number of nitrogens with one attached hydrogen (secondary N) is 2. The number of carbonyl (C=O) groups is 1. The van der Waals surface area contributed by atoms with Crippen LogP contribution in [-0.2, 0) is 12.7 Å². The molecule has 1 heterocycles. The van der Waals surface area contributed by atoms with Crippen LogP contribution >= 0.6 is 0 Å². The summed E-state index contributed by atoms with van der Waals surface area (Å²) in [5, 5.41) is 5.84. The molecule has 3 aromatic rings. The van der Waals surface area contributed by atoms with Crippen LogP contribution in [0.2, 0.25) is 0 Å². The first kappa shape index (κ1) is 24.4. The number of ether oxygens (including phenoxy) is 1. The number of urea groups is 1. The maximum atomic E-state index is 13.6. The van der Waals surface area contributed by atoms with Crippen molar-refractivity contribution < 1.29 is 22.7 Å². The van der Waals surface area contributed by atoms with Crippen molar-refractivity contribution in [2.45, 2.75) is 26.6 Å². The molecule has 0 atom stereocenters. The van der Waals surface area contributed by atoms with Crippen LogP contribution in [-0.4, -0.2) is 42.7 Å². The predicted molar refractivity (Wildman–Crippen MR) is 125 cm³/mol. The molecule has 3 rings (SSSR count). The number of alkyl halides is 3. The first-order chi connectivity index (χ1) is 15.5. The largest absolute Gasteiger partial charge is 0.493 e. The molecule has 33 heavy (non-hydrogen) atoms. The molecule has 9 heteroatoms. The van der Waals surface area contributed by atoms with E-state index in [-0.39, 0.29) is 17.4 Å². The Morgan fingerprint density at radius 1 is 1.09 bits per heavy atom. The third-order valence-corrected chi connectivity index (χ3v) is 4.94. The SMILES string of the molecule is CC(C)COc1ccc(NC(=O)Nc2ccc3c(ccn3CCN(C)C)c2)c(C(F)(F)F)c1. The minimum Gasteiger partial charge on any atom is -0.493 e. The number of hydrogen-bond donors (Lipinski definition) is 2. The Kier molecular flexibility index (Phi) is 7.53. The maximum absolute atomic E-state index is 13.6. The van der Waals surface area contributed by atoms with E-state index < -0.39 is 17.8 Å². The third kappa shape index (κ3) is 6.64.